The second-order valence-electron chi connectivity index (χ2n) is 7.26. The van der Waals surface area contributed by atoms with Crippen LogP contribution in [0.15, 0.2) is 72.8 Å². The monoisotopic (exact) mass is 392 g/mol. The van der Waals surface area contributed by atoms with E-state index in [2.05, 4.69) is 0 Å². The molecule has 1 aliphatic carbocycles. The fourth-order valence-electron chi connectivity index (χ4n) is 3.50. The summed E-state index contributed by atoms with van der Waals surface area (Å²) in [6.45, 7) is 0. The Morgan fingerprint density at radius 1 is 0.931 bits per heavy atom. The van der Waals surface area contributed by atoms with Crippen LogP contribution in [-0.2, 0) is 4.79 Å². The molecule has 4 nitrogen and oxygen atoms in total. The number of carboxylic acids is 1. The zero-order valence-electron chi connectivity index (χ0n) is 15.8. The maximum absolute atomic E-state index is 14.4. The van der Waals surface area contributed by atoms with E-state index in [4.69, 9.17) is 14.6 Å². The summed E-state index contributed by atoms with van der Waals surface area (Å²) >= 11 is 0. The van der Waals surface area contributed by atoms with Gasteiger partial charge in [0.25, 0.3) is 0 Å². The molecule has 5 heteroatoms. The van der Waals surface area contributed by atoms with Crippen LogP contribution in [0.1, 0.15) is 19.3 Å². The summed E-state index contributed by atoms with van der Waals surface area (Å²) in [4.78, 5) is 10.7. The predicted octanol–water partition coefficient (Wildman–Crippen LogP) is 5.92. The highest BCUT2D eigenvalue weighted by molar-refractivity contribution is 5.67. The molecule has 0 unspecified atom stereocenters. The van der Waals surface area contributed by atoms with Crippen LogP contribution in [0.4, 0.5) is 4.39 Å². The molecular weight excluding hydrogens is 371 g/mol. The first kappa shape index (κ1) is 19.0. The number of benzene rings is 3. The van der Waals surface area contributed by atoms with Crippen molar-refractivity contribution < 1.29 is 23.8 Å². The Hall–Kier alpha value is -3.34. The minimum absolute atomic E-state index is 0.0459. The fraction of sp³-hybridized carbons (Fsp3) is 0.208. The lowest BCUT2D eigenvalue weighted by Crippen LogP contribution is -2.34. The molecule has 0 heterocycles. The van der Waals surface area contributed by atoms with Crippen molar-refractivity contribution in [3.63, 3.8) is 0 Å². The summed E-state index contributed by atoms with van der Waals surface area (Å²) < 4.78 is 26.1. The van der Waals surface area contributed by atoms with Gasteiger partial charge in [0.2, 0.25) is 0 Å². The van der Waals surface area contributed by atoms with E-state index in [-0.39, 0.29) is 24.3 Å². The van der Waals surface area contributed by atoms with Gasteiger partial charge in [-0.3, -0.25) is 4.79 Å². The maximum atomic E-state index is 14.4. The van der Waals surface area contributed by atoms with E-state index in [1.54, 1.807) is 12.1 Å². The number of halogens is 1. The van der Waals surface area contributed by atoms with Crippen molar-refractivity contribution in [2.45, 2.75) is 25.4 Å². The van der Waals surface area contributed by atoms with Crippen molar-refractivity contribution >= 4 is 5.97 Å². The van der Waals surface area contributed by atoms with Gasteiger partial charge >= 0.3 is 5.97 Å². The number of carboxylic acid groups (broad SMARTS) is 1. The Balaban J connectivity index is 1.42. The second-order valence-corrected chi connectivity index (χ2v) is 7.26. The van der Waals surface area contributed by atoms with Crippen molar-refractivity contribution in [1.29, 1.82) is 0 Å². The lowest BCUT2D eigenvalue weighted by atomic mass is 9.80. The van der Waals surface area contributed by atoms with Crippen LogP contribution in [0.5, 0.6) is 17.2 Å². The van der Waals surface area contributed by atoms with E-state index in [0.29, 0.717) is 22.8 Å². The number of hydrogen-bond acceptors (Lipinski definition) is 3. The molecular formula is C24H21FO4. The van der Waals surface area contributed by atoms with Gasteiger partial charge in [-0.15, -0.1) is 0 Å². The van der Waals surface area contributed by atoms with Gasteiger partial charge in [0.15, 0.2) is 0 Å². The van der Waals surface area contributed by atoms with Gasteiger partial charge in [-0.05, 0) is 66.8 Å². The zero-order valence-corrected chi connectivity index (χ0v) is 15.8. The number of hydrogen-bond donors (Lipinski definition) is 1. The largest absolute Gasteiger partial charge is 0.490 e. The Bertz CT molecular complexity index is 980. The summed E-state index contributed by atoms with van der Waals surface area (Å²) in [5, 5.41) is 8.81. The molecule has 3 aromatic rings. The molecule has 0 radical (unpaired) electrons. The van der Waals surface area contributed by atoms with Crippen molar-refractivity contribution in [3.05, 3.63) is 78.6 Å². The van der Waals surface area contributed by atoms with Crippen LogP contribution >= 0.6 is 0 Å². The third-order valence-corrected chi connectivity index (χ3v) is 5.04. The summed E-state index contributed by atoms with van der Waals surface area (Å²) in [5.41, 5.74) is 1.18. The number of ether oxygens (including phenoxy) is 2. The molecule has 1 N–H and O–H groups in total. The van der Waals surface area contributed by atoms with Gasteiger partial charge < -0.3 is 14.6 Å². The molecule has 0 aliphatic heterocycles. The van der Waals surface area contributed by atoms with E-state index in [9.17, 15) is 9.18 Å². The van der Waals surface area contributed by atoms with Crippen LogP contribution in [0.25, 0.3) is 11.1 Å². The molecule has 0 spiro atoms. The van der Waals surface area contributed by atoms with Crippen LogP contribution in [0.3, 0.4) is 0 Å². The van der Waals surface area contributed by atoms with Crippen molar-refractivity contribution in [3.8, 4) is 28.4 Å². The fourth-order valence-corrected chi connectivity index (χ4v) is 3.50. The molecule has 1 fully saturated rings. The molecule has 1 saturated carbocycles. The van der Waals surface area contributed by atoms with Gasteiger partial charge in [0.1, 0.15) is 23.1 Å². The van der Waals surface area contributed by atoms with E-state index in [0.717, 1.165) is 18.4 Å². The standard InChI is InChI=1S/C24H21FO4/c25-23-11-10-20(28-18-4-2-1-3-5-18)15-22(23)17-6-8-19(9-7-17)29-21-12-16(13-21)14-24(26)27/h1-11,15-16,21H,12-14H2,(H,26,27)/t16-,21+. The highest BCUT2D eigenvalue weighted by Gasteiger charge is 2.32. The zero-order chi connectivity index (χ0) is 20.2. The van der Waals surface area contributed by atoms with Gasteiger partial charge in [-0.25, -0.2) is 4.39 Å². The predicted molar refractivity (Wildman–Crippen MR) is 108 cm³/mol. The van der Waals surface area contributed by atoms with Gasteiger partial charge in [-0.2, -0.15) is 0 Å². The Morgan fingerprint density at radius 3 is 2.31 bits per heavy atom. The first-order valence-corrected chi connectivity index (χ1v) is 9.58. The number of aliphatic carboxylic acids is 1. The molecule has 0 bridgehead atoms. The summed E-state index contributed by atoms with van der Waals surface area (Å²) in [5.74, 6) is 1.05. The normalized spacial score (nSPS) is 18.0. The molecule has 1 aliphatic rings. The highest BCUT2D eigenvalue weighted by atomic mass is 19.1. The second kappa shape index (κ2) is 8.35. The molecule has 4 rings (SSSR count). The van der Waals surface area contributed by atoms with Crippen LogP contribution < -0.4 is 9.47 Å². The lowest BCUT2D eigenvalue weighted by molar-refractivity contribution is -0.139. The van der Waals surface area contributed by atoms with Gasteiger partial charge in [0, 0.05) is 12.0 Å². The average Bonchev–Trinajstić information content (AvgIpc) is 2.69. The molecule has 29 heavy (non-hydrogen) atoms. The van der Waals surface area contributed by atoms with Gasteiger partial charge in [-0.1, -0.05) is 30.3 Å². The molecule has 148 valence electrons. The SMILES string of the molecule is O=C(O)C[C@H]1C[C@@H](Oc2ccc(-c3cc(Oc4ccccc4)ccc3F)cc2)C1. The van der Waals surface area contributed by atoms with E-state index < -0.39 is 5.97 Å². The van der Waals surface area contributed by atoms with Crippen molar-refractivity contribution in [2.75, 3.05) is 0 Å². The van der Waals surface area contributed by atoms with Crippen molar-refractivity contribution in [2.24, 2.45) is 5.92 Å². The first-order valence-electron chi connectivity index (χ1n) is 9.58. The van der Waals surface area contributed by atoms with Crippen molar-refractivity contribution in [1.82, 2.24) is 0 Å². The number of carbonyl (C=O) groups is 1. The number of para-hydroxylation sites is 1. The third-order valence-electron chi connectivity index (χ3n) is 5.04. The minimum Gasteiger partial charge on any atom is -0.490 e. The third kappa shape index (κ3) is 4.74. The lowest BCUT2D eigenvalue weighted by Gasteiger charge is -2.34. The smallest absolute Gasteiger partial charge is 0.303 e. The Kier molecular flexibility index (Phi) is 5.47. The molecule has 0 amide bonds. The summed E-state index contributed by atoms with van der Waals surface area (Å²) in [7, 11) is 0. The van der Waals surface area contributed by atoms with E-state index >= 15 is 0 Å². The first-order chi connectivity index (χ1) is 14.1. The van der Waals surface area contributed by atoms with E-state index in [1.807, 2.05) is 54.6 Å². The maximum Gasteiger partial charge on any atom is 0.303 e. The molecule has 0 aromatic heterocycles. The van der Waals surface area contributed by atoms with E-state index in [1.165, 1.54) is 6.07 Å². The van der Waals surface area contributed by atoms with Gasteiger partial charge in [0.05, 0.1) is 6.10 Å². The number of rotatable bonds is 7. The highest BCUT2D eigenvalue weighted by Crippen LogP contribution is 2.35. The summed E-state index contributed by atoms with van der Waals surface area (Å²) in [6.07, 6.45) is 1.74. The topological polar surface area (TPSA) is 55.8 Å². The Morgan fingerprint density at radius 2 is 1.62 bits per heavy atom. The Labute approximate surface area is 168 Å². The quantitative estimate of drug-likeness (QED) is 0.542. The summed E-state index contributed by atoms with van der Waals surface area (Å²) in [6, 6.07) is 21.3. The van der Waals surface area contributed by atoms with Crippen LogP contribution in [0.2, 0.25) is 0 Å². The molecule has 3 aromatic carbocycles. The van der Waals surface area contributed by atoms with Crippen LogP contribution in [0, 0.1) is 11.7 Å². The minimum atomic E-state index is -0.765. The van der Waals surface area contributed by atoms with Crippen LogP contribution in [-0.4, -0.2) is 17.2 Å². The molecule has 0 saturated heterocycles. The molecule has 0 atom stereocenters. The average molecular weight is 392 g/mol.